The highest BCUT2D eigenvalue weighted by Gasteiger charge is 2.22. The molecule has 0 radical (unpaired) electrons. The number of likely N-dealkylation sites (tertiary alicyclic amines) is 1. The molecule has 8 heteroatoms. The quantitative estimate of drug-likeness (QED) is 0.582. The molecule has 0 saturated carbocycles. The van der Waals surface area contributed by atoms with E-state index < -0.39 is 4.92 Å². The first-order chi connectivity index (χ1) is 10.1. The van der Waals surface area contributed by atoms with Gasteiger partial charge in [-0.1, -0.05) is 6.92 Å². The number of aromatic nitrogens is 2. The molecule has 1 aliphatic heterocycles. The van der Waals surface area contributed by atoms with Crippen LogP contribution in [0.15, 0.2) is 6.33 Å². The Labute approximate surface area is 124 Å². The zero-order chi connectivity index (χ0) is 15.2. The smallest absolute Gasteiger partial charge is 0.353 e. The monoisotopic (exact) mass is 294 g/mol. The van der Waals surface area contributed by atoms with Crippen molar-refractivity contribution in [2.75, 3.05) is 43.9 Å². The molecule has 0 amide bonds. The summed E-state index contributed by atoms with van der Waals surface area (Å²) in [7, 11) is 1.61. The van der Waals surface area contributed by atoms with Crippen LogP contribution >= 0.6 is 0 Å². The summed E-state index contributed by atoms with van der Waals surface area (Å²) < 4.78 is 0. The van der Waals surface area contributed by atoms with Gasteiger partial charge in [0.2, 0.25) is 11.6 Å². The number of nitrogens with one attached hydrogen (secondary N) is 2. The second kappa shape index (κ2) is 7.16. The molecule has 21 heavy (non-hydrogen) atoms. The molecule has 1 fully saturated rings. The van der Waals surface area contributed by atoms with Crippen molar-refractivity contribution in [3.63, 3.8) is 0 Å². The molecule has 0 aromatic carbocycles. The van der Waals surface area contributed by atoms with Gasteiger partial charge in [0.05, 0.1) is 4.92 Å². The van der Waals surface area contributed by atoms with E-state index in [1.165, 1.54) is 19.2 Å². The Kier molecular flexibility index (Phi) is 5.26. The Hall–Kier alpha value is -1.96. The van der Waals surface area contributed by atoms with Crippen LogP contribution < -0.4 is 10.6 Å². The van der Waals surface area contributed by atoms with Crippen molar-refractivity contribution in [2.24, 2.45) is 5.92 Å². The molecule has 2 heterocycles. The minimum atomic E-state index is -0.459. The van der Waals surface area contributed by atoms with Gasteiger partial charge < -0.3 is 15.5 Å². The number of anilines is 2. The van der Waals surface area contributed by atoms with Crippen LogP contribution in [0.1, 0.15) is 19.8 Å². The maximum atomic E-state index is 11.2. The van der Waals surface area contributed by atoms with Gasteiger partial charge >= 0.3 is 5.69 Å². The number of hydrogen-bond donors (Lipinski definition) is 2. The Morgan fingerprint density at radius 3 is 2.67 bits per heavy atom. The zero-order valence-corrected chi connectivity index (χ0v) is 12.5. The Morgan fingerprint density at radius 2 is 2.05 bits per heavy atom. The van der Waals surface area contributed by atoms with Crippen LogP contribution in [0.2, 0.25) is 0 Å². The minimum absolute atomic E-state index is 0.103. The van der Waals surface area contributed by atoms with Gasteiger partial charge in [-0.05, 0) is 31.8 Å². The van der Waals surface area contributed by atoms with E-state index in [0.717, 1.165) is 19.6 Å². The molecule has 1 aromatic rings. The van der Waals surface area contributed by atoms with Gasteiger partial charge in [-0.25, -0.2) is 9.97 Å². The summed E-state index contributed by atoms with van der Waals surface area (Å²) in [5.41, 5.74) is -0.103. The van der Waals surface area contributed by atoms with Gasteiger partial charge in [0, 0.05) is 20.1 Å². The van der Waals surface area contributed by atoms with Crippen molar-refractivity contribution in [3.8, 4) is 0 Å². The highest BCUT2D eigenvalue weighted by Crippen LogP contribution is 2.28. The number of nitrogens with zero attached hydrogens (tertiary/aromatic N) is 4. The Bertz CT molecular complexity index is 490. The molecule has 1 aliphatic rings. The van der Waals surface area contributed by atoms with Gasteiger partial charge in [0.1, 0.15) is 6.33 Å². The highest BCUT2D eigenvalue weighted by molar-refractivity contribution is 5.68. The lowest BCUT2D eigenvalue weighted by molar-refractivity contribution is -0.383. The summed E-state index contributed by atoms with van der Waals surface area (Å²) in [6.45, 7) is 6.10. The average molecular weight is 294 g/mol. The second-order valence-electron chi connectivity index (χ2n) is 5.42. The van der Waals surface area contributed by atoms with Gasteiger partial charge in [-0.3, -0.25) is 10.1 Å². The van der Waals surface area contributed by atoms with E-state index in [9.17, 15) is 10.1 Å². The first kappa shape index (κ1) is 15.4. The van der Waals surface area contributed by atoms with Crippen LogP contribution in [0.4, 0.5) is 17.3 Å². The van der Waals surface area contributed by atoms with E-state index in [1.807, 2.05) is 0 Å². The number of nitro groups is 1. The van der Waals surface area contributed by atoms with Crippen LogP contribution in [0, 0.1) is 16.0 Å². The standard InChI is InChI=1S/C13H22N6O2/c1-10(8-18-5-3-4-6-18)7-15-13-11(19(20)21)12(14-2)16-9-17-13/h9-10H,3-8H2,1-2H3,(H2,14,15,16,17). The van der Waals surface area contributed by atoms with Gasteiger partial charge in [0.25, 0.3) is 0 Å². The Morgan fingerprint density at radius 1 is 1.38 bits per heavy atom. The van der Waals surface area contributed by atoms with Crippen LogP contribution in [-0.4, -0.2) is 53.0 Å². The van der Waals surface area contributed by atoms with E-state index in [-0.39, 0.29) is 17.3 Å². The third kappa shape index (κ3) is 4.01. The van der Waals surface area contributed by atoms with E-state index in [2.05, 4.69) is 32.4 Å². The molecular formula is C13H22N6O2. The van der Waals surface area contributed by atoms with Crippen molar-refractivity contribution in [2.45, 2.75) is 19.8 Å². The molecule has 0 spiro atoms. The molecule has 1 unspecified atom stereocenters. The number of hydrogen-bond acceptors (Lipinski definition) is 7. The molecule has 0 aliphatic carbocycles. The van der Waals surface area contributed by atoms with Crippen molar-refractivity contribution in [3.05, 3.63) is 16.4 Å². The fourth-order valence-electron chi connectivity index (χ4n) is 2.61. The van der Waals surface area contributed by atoms with Crippen molar-refractivity contribution in [1.82, 2.24) is 14.9 Å². The summed E-state index contributed by atoms with van der Waals surface area (Å²) in [6.07, 6.45) is 3.86. The maximum Gasteiger partial charge on any atom is 0.353 e. The first-order valence-corrected chi connectivity index (χ1v) is 7.25. The predicted octanol–water partition coefficient (Wildman–Crippen LogP) is 1.57. The van der Waals surface area contributed by atoms with E-state index >= 15 is 0 Å². The molecule has 2 N–H and O–H groups in total. The summed E-state index contributed by atoms with van der Waals surface area (Å²) in [6, 6.07) is 0. The third-order valence-electron chi connectivity index (χ3n) is 3.63. The Balaban J connectivity index is 1.97. The van der Waals surface area contributed by atoms with Gasteiger partial charge in [-0.2, -0.15) is 0 Å². The van der Waals surface area contributed by atoms with Gasteiger partial charge in [-0.15, -0.1) is 0 Å². The molecule has 1 atom stereocenters. The highest BCUT2D eigenvalue weighted by atomic mass is 16.6. The molecule has 2 rings (SSSR count). The lowest BCUT2D eigenvalue weighted by atomic mass is 10.1. The largest absolute Gasteiger partial charge is 0.367 e. The van der Waals surface area contributed by atoms with Crippen LogP contribution in [0.3, 0.4) is 0 Å². The molecule has 1 aromatic heterocycles. The summed E-state index contributed by atoms with van der Waals surface area (Å²) in [4.78, 5) is 21.0. The van der Waals surface area contributed by atoms with E-state index in [4.69, 9.17) is 0 Å². The molecule has 1 saturated heterocycles. The van der Waals surface area contributed by atoms with Crippen LogP contribution in [0.25, 0.3) is 0 Å². The molecule has 116 valence electrons. The second-order valence-corrected chi connectivity index (χ2v) is 5.42. The van der Waals surface area contributed by atoms with E-state index in [0.29, 0.717) is 12.5 Å². The predicted molar refractivity (Wildman–Crippen MR) is 81.6 cm³/mol. The van der Waals surface area contributed by atoms with E-state index in [1.54, 1.807) is 7.05 Å². The first-order valence-electron chi connectivity index (χ1n) is 7.25. The summed E-state index contributed by atoms with van der Waals surface area (Å²) in [5, 5.41) is 17.0. The molecule has 8 nitrogen and oxygen atoms in total. The SMILES string of the molecule is CNc1ncnc(NCC(C)CN2CCCC2)c1[N+](=O)[O-]. The van der Waals surface area contributed by atoms with Crippen LogP contribution in [0.5, 0.6) is 0 Å². The number of rotatable bonds is 7. The third-order valence-corrected chi connectivity index (χ3v) is 3.63. The molecular weight excluding hydrogens is 272 g/mol. The lowest BCUT2D eigenvalue weighted by Gasteiger charge is -2.20. The zero-order valence-electron chi connectivity index (χ0n) is 12.5. The fraction of sp³-hybridized carbons (Fsp3) is 0.692. The van der Waals surface area contributed by atoms with Crippen molar-refractivity contribution >= 4 is 17.3 Å². The minimum Gasteiger partial charge on any atom is -0.367 e. The van der Waals surface area contributed by atoms with Gasteiger partial charge in [0.15, 0.2) is 0 Å². The summed E-state index contributed by atoms with van der Waals surface area (Å²) in [5.74, 6) is 0.896. The topological polar surface area (TPSA) is 96.2 Å². The molecule has 0 bridgehead atoms. The average Bonchev–Trinajstić information content (AvgIpc) is 2.97. The van der Waals surface area contributed by atoms with Crippen molar-refractivity contribution < 1.29 is 4.92 Å². The normalized spacial score (nSPS) is 16.7. The lowest BCUT2D eigenvalue weighted by Crippen LogP contribution is -2.29. The van der Waals surface area contributed by atoms with Crippen molar-refractivity contribution in [1.29, 1.82) is 0 Å². The maximum absolute atomic E-state index is 11.2. The van der Waals surface area contributed by atoms with Crippen LogP contribution in [-0.2, 0) is 0 Å². The summed E-state index contributed by atoms with van der Waals surface area (Å²) >= 11 is 0. The fourth-order valence-corrected chi connectivity index (χ4v) is 2.61.